The average molecular weight is 842 g/mol. The molecule has 0 radical (unpaired) electrons. The molecule has 0 saturated carbocycles. The normalized spacial score (nSPS) is 15.4. The molecule has 0 heterocycles. The molecule has 5 atom stereocenters. The molecule has 13 nitrogen and oxygen atoms in total. The lowest BCUT2D eigenvalue weighted by atomic mass is 10.0. The van der Waals surface area contributed by atoms with Gasteiger partial charge in [0.2, 0.25) is 0 Å². The van der Waals surface area contributed by atoms with Crippen molar-refractivity contribution in [1.29, 1.82) is 0 Å². The van der Waals surface area contributed by atoms with E-state index in [0.717, 1.165) is 57.8 Å². The van der Waals surface area contributed by atoms with Crippen molar-refractivity contribution in [2.24, 2.45) is 5.73 Å². The van der Waals surface area contributed by atoms with E-state index in [1.807, 2.05) is 12.2 Å². The van der Waals surface area contributed by atoms with Gasteiger partial charge in [-0.05, 0) is 77.0 Å². The zero-order valence-corrected chi connectivity index (χ0v) is 36.2. The summed E-state index contributed by atoms with van der Waals surface area (Å²) >= 11 is 0. The fourth-order valence-electron chi connectivity index (χ4n) is 5.44. The lowest BCUT2D eigenvalue weighted by molar-refractivity contribution is -0.161. The number of rotatable bonds is 39. The first-order chi connectivity index (χ1) is 27.9. The number of aliphatic carboxylic acids is 1. The standard InChI is InChI=1S/C44H76NO12P/c1-3-5-7-9-11-13-15-17-18-19-21-23-25-27-29-33-43(49)57-38(36-55-58(52,53)56-37-39(45)44(50)51)35-54-42(48)34-30-32-41(47)40(46)31-28-26-24-22-20-16-14-12-10-8-6-4-2/h6,8,12,14,17-18,20,22,26,28,38-41,46-47H,3-5,7,9-11,13,15-16,19,21,23-25,27,29-37,45H2,1-2H3,(H,50,51)(H,52,53)/b8-6-,14-12-,18-17-,22-20-,28-26-/t38-,39+,40+,41+/m1/s1. The molecule has 0 fully saturated rings. The quantitative estimate of drug-likeness (QED) is 0.0169. The van der Waals surface area contributed by atoms with Crippen molar-refractivity contribution in [2.75, 3.05) is 19.8 Å². The number of hydrogen-bond donors (Lipinski definition) is 5. The molecule has 0 amide bonds. The predicted molar refractivity (Wildman–Crippen MR) is 229 cm³/mol. The lowest BCUT2D eigenvalue weighted by Gasteiger charge is -2.20. The zero-order chi connectivity index (χ0) is 43.1. The van der Waals surface area contributed by atoms with Crippen LogP contribution in [0.3, 0.4) is 0 Å². The molecule has 58 heavy (non-hydrogen) atoms. The molecule has 0 aliphatic heterocycles. The maximum Gasteiger partial charge on any atom is 0.472 e. The number of phosphoric ester groups is 1. The van der Waals surface area contributed by atoms with Gasteiger partial charge >= 0.3 is 25.7 Å². The molecule has 0 aromatic rings. The number of carboxylic acid groups (broad SMARTS) is 1. The Morgan fingerprint density at radius 1 is 0.621 bits per heavy atom. The van der Waals surface area contributed by atoms with Gasteiger partial charge in [-0.2, -0.15) is 0 Å². The maximum atomic E-state index is 12.6. The Morgan fingerprint density at radius 2 is 1.14 bits per heavy atom. The predicted octanol–water partition coefficient (Wildman–Crippen LogP) is 9.11. The minimum atomic E-state index is -4.79. The van der Waals surface area contributed by atoms with E-state index in [1.165, 1.54) is 38.5 Å². The van der Waals surface area contributed by atoms with E-state index < -0.39 is 69.9 Å². The van der Waals surface area contributed by atoms with Gasteiger partial charge in [-0.3, -0.25) is 23.4 Å². The largest absolute Gasteiger partial charge is 0.480 e. The molecule has 0 rings (SSSR count). The Hall–Kier alpha value is -2.90. The molecule has 0 aromatic heterocycles. The van der Waals surface area contributed by atoms with Gasteiger partial charge in [0.15, 0.2) is 6.10 Å². The Morgan fingerprint density at radius 3 is 1.72 bits per heavy atom. The summed E-state index contributed by atoms with van der Waals surface area (Å²) in [6.45, 7) is 2.36. The number of aliphatic hydroxyl groups is 2. The number of carboxylic acids is 1. The van der Waals surface area contributed by atoms with Crippen molar-refractivity contribution >= 4 is 25.7 Å². The van der Waals surface area contributed by atoms with Crippen LogP contribution in [0.1, 0.15) is 155 Å². The molecule has 6 N–H and O–H groups in total. The second kappa shape index (κ2) is 38.3. The van der Waals surface area contributed by atoms with Crippen molar-refractivity contribution in [3.8, 4) is 0 Å². The SMILES string of the molecule is CC/C=C\C/C=C\C/C=C\C/C=C\C[C@H](O)[C@@H](O)CCCC(=O)OC[C@H](COP(=O)(O)OC[C@H](N)C(=O)O)OC(=O)CCCCCCC/C=C\CCCCCCCC. The van der Waals surface area contributed by atoms with Crippen LogP contribution in [0.5, 0.6) is 0 Å². The number of nitrogens with two attached hydrogens (primary N) is 1. The molecular formula is C44H76NO12P. The molecule has 0 aromatic carbocycles. The third-order valence-electron chi connectivity index (χ3n) is 8.95. The number of unbranched alkanes of at least 4 members (excludes halogenated alkanes) is 11. The second-order valence-electron chi connectivity index (χ2n) is 14.4. The Kier molecular flexibility index (Phi) is 36.4. The van der Waals surface area contributed by atoms with Crippen LogP contribution in [0.2, 0.25) is 0 Å². The summed E-state index contributed by atoms with van der Waals surface area (Å²) in [5.74, 6) is -2.72. The zero-order valence-electron chi connectivity index (χ0n) is 35.3. The number of hydrogen-bond acceptors (Lipinski definition) is 11. The van der Waals surface area contributed by atoms with Crippen molar-refractivity contribution in [1.82, 2.24) is 0 Å². The van der Waals surface area contributed by atoms with Gasteiger partial charge < -0.3 is 35.4 Å². The maximum absolute atomic E-state index is 12.6. The number of ether oxygens (including phenoxy) is 2. The number of allylic oxidation sites excluding steroid dienone is 9. The van der Waals surface area contributed by atoms with E-state index in [9.17, 15) is 34.1 Å². The number of carbonyl (C=O) groups is 3. The van der Waals surface area contributed by atoms with Crippen molar-refractivity contribution < 1.29 is 57.7 Å². The summed E-state index contributed by atoms with van der Waals surface area (Å²) < 4.78 is 32.5. The van der Waals surface area contributed by atoms with E-state index in [4.69, 9.17) is 24.8 Å². The minimum absolute atomic E-state index is 0.0878. The number of esters is 2. The molecular weight excluding hydrogens is 765 g/mol. The summed E-state index contributed by atoms with van der Waals surface area (Å²) in [6, 6.07) is -1.57. The van der Waals surface area contributed by atoms with E-state index in [1.54, 1.807) is 6.08 Å². The van der Waals surface area contributed by atoms with Crippen LogP contribution in [-0.2, 0) is 37.5 Å². The van der Waals surface area contributed by atoms with Gasteiger partial charge in [0, 0.05) is 12.8 Å². The highest BCUT2D eigenvalue weighted by molar-refractivity contribution is 7.47. The topological polar surface area (TPSA) is 212 Å². The third-order valence-corrected chi connectivity index (χ3v) is 9.90. The fourth-order valence-corrected chi connectivity index (χ4v) is 6.22. The summed E-state index contributed by atoms with van der Waals surface area (Å²) in [6.07, 6.45) is 36.0. The van der Waals surface area contributed by atoms with Crippen LogP contribution >= 0.6 is 7.82 Å². The summed E-state index contributed by atoms with van der Waals surface area (Å²) in [5, 5.41) is 29.5. The average Bonchev–Trinajstić information content (AvgIpc) is 3.19. The van der Waals surface area contributed by atoms with Gasteiger partial charge in [0.1, 0.15) is 12.6 Å². The van der Waals surface area contributed by atoms with Gasteiger partial charge in [-0.25, -0.2) is 4.57 Å². The summed E-state index contributed by atoms with van der Waals surface area (Å²) in [5.41, 5.74) is 5.31. The molecule has 0 aliphatic carbocycles. The van der Waals surface area contributed by atoms with E-state index in [-0.39, 0.29) is 32.1 Å². The number of phosphoric acid groups is 1. The van der Waals surface area contributed by atoms with Crippen LogP contribution in [0.4, 0.5) is 0 Å². The van der Waals surface area contributed by atoms with E-state index in [0.29, 0.717) is 12.8 Å². The molecule has 0 saturated heterocycles. The highest BCUT2D eigenvalue weighted by Crippen LogP contribution is 2.43. The van der Waals surface area contributed by atoms with Crippen molar-refractivity contribution in [3.63, 3.8) is 0 Å². The van der Waals surface area contributed by atoms with Crippen molar-refractivity contribution in [3.05, 3.63) is 60.8 Å². The van der Waals surface area contributed by atoms with Crippen LogP contribution in [0, 0.1) is 0 Å². The Bertz CT molecular complexity index is 1250. The lowest BCUT2D eigenvalue weighted by Crippen LogP contribution is -2.34. The first-order valence-electron chi connectivity index (χ1n) is 21.5. The van der Waals surface area contributed by atoms with Crippen LogP contribution in [0.25, 0.3) is 0 Å². The summed E-state index contributed by atoms with van der Waals surface area (Å²) in [7, 11) is -4.79. The number of aliphatic hydroxyl groups excluding tert-OH is 2. The van der Waals surface area contributed by atoms with Gasteiger partial charge in [0.05, 0.1) is 25.4 Å². The Balaban J connectivity index is 4.63. The third kappa shape index (κ3) is 36.2. The fraction of sp³-hybridized carbons (Fsp3) is 0.705. The monoisotopic (exact) mass is 842 g/mol. The first-order valence-corrected chi connectivity index (χ1v) is 23.0. The van der Waals surface area contributed by atoms with E-state index >= 15 is 0 Å². The molecule has 14 heteroatoms. The minimum Gasteiger partial charge on any atom is -0.480 e. The summed E-state index contributed by atoms with van der Waals surface area (Å²) in [4.78, 5) is 46.0. The molecule has 334 valence electrons. The first kappa shape index (κ1) is 55.1. The highest BCUT2D eigenvalue weighted by Gasteiger charge is 2.28. The molecule has 1 unspecified atom stereocenters. The second-order valence-corrected chi connectivity index (χ2v) is 15.9. The Labute approximate surface area is 348 Å². The molecule has 0 aliphatic rings. The van der Waals surface area contributed by atoms with Crippen LogP contribution in [-0.4, -0.2) is 82.3 Å². The highest BCUT2D eigenvalue weighted by atomic mass is 31.2. The smallest absolute Gasteiger partial charge is 0.472 e. The molecule has 0 spiro atoms. The number of carbonyl (C=O) groups excluding carboxylic acids is 2. The van der Waals surface area contributed by atoms with Gasteiger partial charge in [-0.1, -0.05) is 126 Å². The van der Waals surface area contributed by atoms with Gasteiger partial charge in [0.25, 0.3) is 0 Å². The van der Waals surface area contributed by atoms with Crippen molar-refractivity contribution in [2.45, 2.75) is 179 Å². The van der Waals surface area contributed by atoms with E-state index in [2.05, 4.69) is 60.9 Å². The molecule has 0 bridgehead atoms. The van der Waals surface area contributed by atoms with Gasteiger partial charge in [-0.15, -0.1) is 0 Å². The van der Waals surface area contributed by atoms with Crippen LogP contribution < -0.4 is 5.73 Å². The van der Waals surface area contributed by atoms with Crippen LogP contribution in [0.15, 0.2) is 60.8 Å².